The molecule has 2 rings (SSSR count). The normalized spacial score (nSPS) is 14.8. The van der Waals surface area contributed by atoms with Gasteiger partial charge in [-0.25, -0.2) is 0 Å². The lowest BCUT2D eigenvalue weighted by Gasteiger charge is -2.13. The Labute approximate surface area is 99.6 Å². The van der Waals surface area contributed by atoms with Crippen LogP contribution >= 0.6 is 0 Å². The maximum absolute atomic E-state index is 9.27. The molecule has 1 aromatic heterocycles. The molecule has 5 heteroatoms. The summed E-state index contributed by atoms with van der Waals surface area (Å²) in [4.78, 5) is 4.28. The largest absolute Gasteiger partial charge is 0.423 e. The van der Waals surface area contributed by atoms with Crippen molar-refractivity contribution in [2.75, 3.05) is 11.1 Å². The van der Waals surface area contributed by atoms with Crippen LogP contribution in [-0.4, -0.2) is 22.2 Å². The highest BCUT2D eigenvalue weighted by Gasteiger charge is 2.11. The summed E-state index contributed by atoms with van der Waals surface area (Å²) in [6.07, 6.45) is 0.278. The molecule has 92 valence electrons. The molecule has 2 atom stereocenters. The number of nitrogen functional groups attached to an aromatic ring is 1. The summed E-state index contributed by atoms with van der Waals surface area (Å²) in [6.45, 7) is 3.72. The lowest BCUT2D eigenvalue weighted by Crippen LogP contribution is -2.20. The van der Waals surface area contributed by atoms with E-state index in [0.29, 0.717) is 29.2 Å². The molecule has 17 heavy (non-hydrogen) atoms. The standard InChI is InChI=1S/C12H17N3O2/c1-7(6-8(2)16)14-12-15-11-9(13)4-3-5-10(11)17-12/h3-5,7-8,16H,6,13H2,1-2H3,(H,14,15). The highest BCUT2D eigenvalue weighted by Crippen LogP contribution is 2.24. The number of anilines is 2. The maximum Gasteiger partial charge on any atom is 0.295 e. The number of nitrogens with zero attached hydrogens (tertiary/aromatic N) is 1. The van der Waals surface area contributed by atoms with E-state index in [0.717, 1.165) is 0 Å². The predicted octanol–water partition coefficient (Wildman–Crippen LogP) is 1.98. The van der Waals surface area contributed by atoms with E-state index in [-0.39, 0.29) is 12.1 Å². The minimum Gasteiger partial charge on any atom is -0.423 e. The van der Waals surface area contributed by atoms with E-state index >= 15 is 0 Å². The molecule has 0 saturated carbocycles. The Bertz CT molecular complexity index is 507. The molecule has 4 N–H and O–H groups in total. The van der Waals surface area contributed by atoms with Crippen LogP contribution in [0.25, 0.3) is 11.1 Å². The number of nitrogens with one attached hydrogen (secondary N) is 1. The van der Waals surface area contributed by atoms with Crippen molar-refractivity contribution in [2.24, 2.45) is 0 Å². The molecule has 0 fully saturated rings. The van der Waals surface area contributed by atoms with Crippen LogP contribution in [0.4, 0.5) is 11.7 Å². The molecule has 1 heterocycles. The van der Waals surface area contributed by atoms with Crippen molar-refractivity contribution < 1.29 is 9.52 Å². The molecule has 0 bridgehead atoms. The first-order chi connectivity index (χ1) is 8.06. The van der Waals surface area contributed by atoms with E-state index in [1.807, 2.05) is 19.1 Å². The second kappa shape index (κ2) is 4.63. The van der Waals surface area contributed by atoms with Gasteiger partial charge in [-0.2, -0.15) is 4.98 Å². The molecule has 2 aromatic rings. The fourth-order valence-electron chi connectivity index (χ4n) is 1.81. The summed E-state index contributed by atoms with van der Waals surface area (Å²) >= 11 is 0. The molecule has 0 amide bonds. The van der Waals surface area contributed by atoms with Crippen molar-refractivity contribution in [3.05, 3.63) is 18.2 Å². The molecule has 0 spiro atoms. The van der Waals surface area contributed by atoms with Crippen LogP contribution in [0.1, 0.15) is 20.3 Å². The van der Waals surface area contributed by atoms with Gasteiger partial charge in [0.25, 0.3) is 6.01 Å². The minimum atomic E-state index is -0.355. The molecule has 1 aromatic carbocycles. The first-order valence-corrected chi connectivity index (χ1v) is 5.66. The number of aromatic nitrogens is 1. The fourth-order valence-corrected chi connectivity index (χ4v) is 1.81. The highest BCUT2D eigenvalue weighted by atomic mass is 16.4. The Morgan fingerprint density at radius 2 is 2.24 bits per heavy atom. The number of fused-ring (bicyclic) bond motifs is 1. The van der Waals surface area contributed by atoms with Crippen LogP contribution in [-0.2, 0) is 0 Å². The third kappa shape index (κ3) is 2.68. The Hall–Kier alpha value is -1.75. The maximum atomic E-state index is 9.27. The van der Waals surface area contributed by atoms with E-state index in [1.54, 1.807) is 13.0 Å². The SMILES string of the molecule is CC(O)CC(C)Nc1nc2c(N)cccc2o1. The lowest BCUT2D eigenvalue weighted by atomic mass is 10.2. The molecule has 0 aliphatic heterocycles. The zero-order chi connectivity index (χ0) is 12.4. The lowest BCUT2D eigenvalue weighted by molar-refractivity contribution is 0.179. The Kier molecular flexibility index (Phi) is 3.19. The van der Waals surface area contributed by atoms with Crippen molar-refractivity contribution >= 4 is 22.8 Å². The van der Waals surface area contributed by atoms with Crippen LogP contribution in [0, 0.1) is 0 Å². The van der Waals surface area contributed by atoms with Gasteiger partial charge in [-0.15, -0.1) is 0 Å². The Balaban J connectivity index is 2.17. The van der Waals surface area contributed by atoms with Crippen LogP contribution in [0.3, 0.4) is 0 Å². The van der Waals surface area contributed by atoms with Crippen LogP contribution in [0.15, 0.2) is 22.6 Å². The van der Waals surface area contributed by atoms with E-state index in [1.165, 1.54) is 0 Å². The number of benzene rings is 1. The molecule has 0 radical (unpaired) electrons. The molecular formula is C12H17N3O2. The minimum absolute atomic E-state index is 0.0873. The smallest absolute Gasteiger partial charge is 0.295 e. The number of para-hydroxylation sites is 1. The quantitative estimate of drug-likeness (QED) is 0.706. The van der Waals surface area contributed by atoms with Crippen molar-refractivity contribution in [1.82, 2.24) is 4.98 Å². The Morgan fingerprint density at radius 1 is 1.47 bits per heavy atom. The zero-order valence-electron chi connectivity index (χ0n) is 9.97. The van der Waals surface area contributed by atoms with Gasteiger partial charge in [0.05, 0.1) is 11.8 Å². The zero-order valence-corrected chi connectivity index (χ0v) is 9.97. The molecule has 0 aliphatic carbocycles. The van der Waals surface area contributed by atoms with E-state index < -0.39 is 0 Å². The third-order valence-electron chi connectivity index (χ3n) is 2.51. The van der Waals surface area contributed by atoms with Crippen molar-refractivity contribution in [1.29, 1.82) is 0 Å². The molecule has 0 aliphatic rings. The summed E-state index contributed by atoms with van der Waals surface area (Å²) in [5, 5.41) is 12.4. The van der Waals surface area contributed by atoms with Crippen molar-refractivity contribution in [3.8, 4) is 0 Å². The van der Waals surface area contributed by atoms with Gasteiger partial charge in [-0.3, -0.25) is 0 Å². The van der Waals surface area contributed by atoms with Crippen LogP contribution in [0.2, 0.25) is 0 Å². The number of hydrogen-bond acceptors (Lipinski definition) is 5. The number of aliphatic hydroxyl groups is 1. The molecule has 0 saturated heterocycles. The molecular weight excluding hydrogens is 218 g/mol. The number of aliphatic hydroxyl groups excluding tert-OH is 1. The predicted molar refractivity (Wildman–Crippen MR) is 67.8 cm³/mol. The van der Waals surface area contributed by atoms with Gasteiger partial charge in [-0.1, -0.05) is 6.07 Å². The van der Waals surface area contributed by atoms with Gasteiger partial charge in [0.1, 0.15) is 5.52 Å². The fraction of sp³-hybridized carbons (Fsp3) is 0.417. The van der Waals surface area contributed by atoms with Gasteiger partial charge in [-0.05, 0) is 32.4 Å². The third-order valence-corrected chi connectivity index (χ3v) is 2.51. The van der Waals surface area contributed by atoms with E-state index in [2.05, 4.69) is 10.3 Å². The summed E-state index contributed by atoms with van der Waals surface area (Å²) in [7, 11) is 0. The number of oxazole rings is 1. The number of hydrogen-bond donors (Lipinski definition) is 3. The summed E-state index contributed by atoms with van der Waals surface area (Å²) in [5.41, 5.74) is 7.72. The number of nitrogens with two attached hydrogens (primary N) is 1. The highest BCUT2D eigenvalue weighted by molar-refractivity contribution is 5.86. The second-order valence-corrected chi connectivity index (χ2v) is 4.34. The summed E-state index contributed by atoms with van der Waals surface area (Å²) in [6, 6.07) is 5.96. The first-order valence-electron chi connectivity index (χ1n) is 5.66. The van der Waals surface area contributed by atoms with Gasteiger partial charge in [0.15, 0.2) is 5.58 Å². The first kappa shape index (κ1) is 11.7. The van der Waals surface area contributed by atoms with Crippen LogP contribution in [0.5, 0.6) is 0 Å². The topological polar surface area (TPSA) is 84.3 Å². The molecule has 5 nitrogen and oxygen atoms in total. The second-order valence-electron chi connectivity index (χ2n) is 4.34. The number of rotatable bonds is 4. The van der Waals surface area contributed by atoms with Gasteiger partial charge >= 0.3 is 0 Å². The van der Waals surface area contributed by atoms with Crippen LogP contribution < -0.4 is 11.1 Å². The summed E-state index contributed by atoms with van der Waals surface area (Å²) < 4.78 is 5.52. The van der Waals surface area contributed by atoms with Gasteiger partial charge in [0.2, 0.25) is 0 Å². The summed E-state index contributed by atoms with van der Waals surface area (Å²) in [5.74, 6) is 0. The van der Waals surface area contributed by atoms with E-state index in [4.69, 9.17) is 10.2 Å². The molecule has 2 unspecified atom stereocenters. The van der Waals surface area contributed by atoms with E-state index in [9.17, 15) is 5.11 Å². The van der Waals surface area contributed by atoms with Crippen molar-refractivity contribution in [3.63, 3.8) is 0 Å². The monoisotopic (exact) mass is 235 g/mol. The average Bonchev–Trinajstić information content (AvgIpc) is 2.60. The Morgan fingerprint density at radius 3 is 2.88 bits per heavy atom. The average molecular weight is 235 g/mol. The van der Waals surface area contributed by atoms with Gasteiger partial charge < -0.3 is 20.6 Å². The van der Waals surface area contributed by atoms with Crippen molar-refractivity contribution in [2.45, 2.75) is 32.4 Å². The van der Waals surface area contributed by atoms with Gasteiger partial charge in [0, 0.05) is 6.04 Å².